The van der Waals surface area contributed by atoms with Gasteiger partial charge in [-0.15, -0.1) is 0 Å². The number of hydrogen-bond donors (Lipinski definition) is 7. The maximum absolute atomic E-state index is 11.6. The molecule has 2 aromatic carbocycles. The first-order valence-electron chi connectivity index (χ1n) is 11.9. The Bertz CT molecular complexity index is 969. The average Bonchev–Trinajstić information content (AvgIpc) is 2.92. The minimum Gasteiger partial charge on any atom is -0.394 e. The number of rotatable bonds is 13. The Labute approximate surface area is 216 Å². The van der Waals surface area contributed by atoms with Crippen LogP contribution in [0, 0.1) is 6.92 Å². The van der Waals surface area contributed by atoms with Crippen LogP contribution >= 0.6 is 0 Å². The summed E-state index contributed by atoms with van der Waals surface area (Å²) in [5.74, 6) is -1.98. The molecule has 37 heavy (non-hydrogen) atoms. The van der Waals surface area contributed by atoms with Crippen LogP contribution < -0.4 is 21.6 Å². The Kier molecular flexibility index (Phi) is 15.6. The summed E-state index contributed by atoms with van der Waals surface area (Å²) in [4.78, 5) is 44.6. The number of amides is 4. The minimum atomic E-state index is -1.12. The van der Waals surface area contributed by atoms with Gasteiger partial charge in [-0.05, 0) is 43.7 Å². The van der Waals surface area contributed by atoms with Crippen LogP contribution in [-0.4, -0.2) is 58.3 Å². The number of carbonyl (C=O) groups is 4. The van der Waals surface area contributed by atoms with Gasteiger partial charge in [0, 0.05) is 12.8 Å². The lowest BCUT2D eigenvalue weighted by Crippen LogP contribution is -2.48. The van der Waals surface area contributed by atoms with Gasteiger partial charge < -0.3 is 15.7 Å². The van der Waals surface area contributed by atoms with Gasteiger partial charge in [0.15, 0.2) is 0 Å². The van der Waals surface area contributed by atoms with Crippen molar-refractivity contribution in [3.8, 4) is 0 Å². The van der Waals surface area contributed by atoms with Crippen LogP contribution in [-0.2, 0) is 32.0 Å². The van der Waals surface area contributed by atoms with Gasteiger partial charge in [0.25, 0.3) is 11.8 Å². The molecule has 202 valence electrons. The predicted molar refractivity (Wildman–Crippen MR) is 135 cm³/mol. The fourth-order valence-corrected chi connectivity index (χ4v) is 3.15. The summed E-state index contributed by atoms with van der Waals surface area (Å²) in [6.45, 7) is 1.26. The molecule has 11 nitrogen and oxygen atoms in total. The van der Waals surface area contributed by atoms with E-state index < -0.39 is 24.5 Å². The van der Waals surface area contributed by atoms with Crippen LogP contribution in [0.1, 0.15) is 42.4 Å². The highest BCUT2D eigenvalue weighted by atomic mass is 16.5. The summed E-state index contributed by atoms with van der Waals surface area (Å²) in [5, 5.41) is 30.3. The largest absolute Gasteiger partial charge is 0.394 e. The third kappa shape index (κ3) is 14.4. The standard InChI is InChI=1S/C14H20N2O4.C12H16N2O3/c1-10-5-7-11(8-6-10)3-2-4-13(18)15-12(9-17)14(19)16-20;15-11(13-9-12(16)14-17)8-4-7-10-5-2-1-3-6-10/h5-8,12,17,20H,2-4,9H2,1H3,(H,15,18)(H,16,19);1-3,5-6,17H,4,7-9H2,(H,13,15)(H,14,16). The van der Waals surface area contributed by atoms with E-state index in [4.69, 9.17) is 15.5 Å². The zero-order chi connectivity index (χ0) is 27.5. The lowest BCUT2D eigenvalue weighted by molar-refractivity contribution is -0.135. The van der Waals surface area contributed by atoms with Crippen LogP contribution in [0.25, 0.3) is 0 Å². The van der Waals surface area contributed by atoms with Crippen LogP contribution in [0.15, 0.2) is 54.6 Å². The van der Waals surface area contributed by atoms with Crippen LogP contribution in [0.4, 0.5) is 0 Å². The SMILES string of the molecule is Cc1ccc(CCCC(=O)NC(CO)C(=O)NO)cc1.O=C(CNC(=O)CCCc1ccccc1)NO. The molecule has 0 saturated heterocycles. The molecule has 2 rings (SSSR count). The molecule has 7 N–H and O–H groups in total. The third-order valence-electron chi connectivity index (χ3n) is 5.22. The second-order valence-electron chi connectivity index (χ2n) is 8.27. The van der Waals surface area contributed by atoms with E-state index in [1.165, 1.54) is 22.1 Å². The van der Waals surface area contributed by atoms with Gasteiger partial charge >= 0.3 is 0 Å². The Morgan fingerprint density at radius 1 is 0.757 bits per heavy atom. The minimum absolute atomic E-state index is 0.190. The number of hydrogen-bond acceptors (Lipinski definition) is 7. The topological polar surface area (TPSA) is 177 Å². The Balaban J connectivity index is 0.000000375. The number of aryl methyl sites for hydroxylation is 3. The molecule has 11 heteroatoms. The first-order valence-corrected chi connectivity index (χ1v) is 11.9. The molecule has 0 bridgehead atoms. The summed E-state index contributed by atoms with van der Waals surface area (Å²) in [7, 11) is 0. The zero-order valence-electron chi connectivity index (χ0n) is 20.9. The third-order valence-corrected chi connectivity index (χ3v) is 5.22. The molecule has 0 aliphatic heterocycles. The van der Waals surface area contributed by atoms with E-state index in [0.29, 0.717) is 12.8 Å². The Morgan fingerprint density at radius 3 is 1.86 bits per heavy atom. The monoisotopic (exact) mass is 516 g/mol. The van der Waals surface area contributed by atoms with E-state index in [-0.39, 0.29) is 24.8 Å². The lowest BCUT2D eigenvalue weighted by atomic mass is 10.1. The Morgan fingerprint density at radius 2 is 1.32 bits per heavy atom. The quantitative estimate of drug-likeness (QED) is 0.153. The summed E-state index contributed by atoms with van der Waals surface area (Å²) in [6.07, 6.45) is 3.60. The van der Waals surface area contributed by atoms with Gasteiger partial charge in [0.05, 0.1) is 13.2 Å². The summed E-state index contributed by atoms with van der Waals surface area (Å²) in [5.41, 5.74) is 6.37. The van der Waals surface area contributed by atoms with Crippen molar-refractivity contribution in [3.63, 3.8) is 0 Å². The highest BCUT2D eigenvalue weighted by Gasteiger charge is 2.18. The van der Waals surface area contributed by atoms with Gasteiger partial charge in [-0.2, -0.15) is 0 Å². The summed E-state index contributed by atoms with van der Waals surface area (Å²) < 4.78 is 0. The van der Waals surface area contributed by atoms with E-state index in [0.717, 1.165) is 24.8 Å². The van der Waals surface area contributed by atoms with Gasteiger partial charge in [-0.3, -0.25) is 29.6 Å². The average molecular weight is 517 g/mol. The van der Waals surface area contributed by atoms with Gasteiger partial charge in [0.2, 0.25) is 11.8 Å². The molecular formula is C26H36N4O7. The molecule has 0 radical (unpaired) electrons. The molecule has 0 spiro atoms. The highest BCUT2D eigenvalue weighted by Crippen LogP contribution is 2.07. The van der Waals surface area contributed by atoms with Gasteiger partial charge in [-0.1, -0.05) is 60.2 Å². The van der Waals surface area contributed by atoms with Crippen molar-refractivity contribution >= 4 is 23.6 Å². The molecule has 0 aliphatic rings. The molecule has 1 unspecified atom stereocenters. The second-order valence-corrected chi connectivity index (χ2v) is 8.27. The van der Waals surface area contributed by atoms with Gasteiger partial charge in [-0.25, -0.2) is 11.0 Å². The molecule has 2 aromatic rings. The molecule has 0 saturated carbocycles. The van der Waals surface area contributed by atoms with Crippen LogP contribution in [0.5, 0.6) is 0 Å². The number of nitrogens with one attached hydrogen (secondary N) is 4. The smallest absolute Gasteiger partial charge is 0.268 e. The van der Waals surface area contributed by atoms with Crippen LogP contribution in [0.2, 0.25) is 0 Å². The van der Waals surface area contributed by atoms with E-state index in [9.17, 15) is 19.2 Å². The molecule has 0 aromatic heterocycles. The van der Waals surface area contributed by atoms with Crippen molar-refractivity contribution in [3.05, 3.63) is 71.3 Å². The number of aliphatic hydroxyl groups excluding tert-OH is 1. The first-order chi connectivity index (χ1) is 17.8. The number of benzene rings is 2. The van der Waals surface area contributed by atoms with Crippen molar-refractivity contribution in [2.24, 2.45) is 0 Å². The van der Waals surface area contributed by atoms with Crippen molar-refractivity contribution < 1.29 is 34.7 Å². The van der Waals surface area contributed by atoms with Crippen molar-refractivity contribution in [1.82, 2.24) is 21.6 Å². The molecular weight excluding hydrogens is 480 g/mol. The molecule has 4 amide bonds. The summed E-state index contributed by atoms with van der Waals surface area (Å²) >= 11 is 0. The highest BCUT2D eigenvalue weighted by molar-refractivity contribution is 5.87. The Hall–Kier alpha value is -3.80. The molecule has 0 fully saturated rings. The van der Waals surface area contributed by atoms with Gasteiger partial charge in [0.1, 0.15) is 6.04 Å². The van der Waals surface area contributed by atoms with E-state index in [2.05, 4.69) is 10.6 Å². The number of carbonyl (C=O) groups excluding carboxylic acids is 4. The number of aliphatic hydroxyl groups is 1. The van der Waals surface area contributed by atoms with Crippen LogP contribution in [0.3, 0.4) is 0 Å². The molecule has 0 heterocycles. The normalized spacial score (nSPS) is 10.8. The van der Waals surface area contributed by atoms with E-state index >= 15 is 0 Å². The fourth-order valence-electron chi connectivity index (χ4n) is 3.15. The lowest BCUT2D eigenvalue weighted by Gasteiger charge is -2.13. The first kappa shape index (κ1) is 31.2. The maximum Gasteiger partial charge on any atom is 0.268 e. The molecule has 1 atom stereocenters. The maximum atomic E-state index is 11.6. The fraction of sp³-hybridized carbons (Fsp3) is 0.385. The van der Waals surface area contributed by atoms with E-state index in [1.54, 1.807) is 0 Å². The molecule has 0 aliphatic carbocycles. The van der Waals surface area contributed by atoms with Crippen molar-refractivity contribution in [1.29, 1.82) is 0 Å². The van der Waals surface area contributed by atoms with Crippen molar-refractivity contribution in [2.45, 2.75) is 51.5 Å². The number of hydroxylamine groups is 2. The summed E-state index contributed by atoms with van der Waals surface area (Å²) in [6, 6.07) is 16.8. The van der Waals surface area contributed by atoms with E-state index in [1.807, 2.05) is 61.5 Å². The second kappa shape index (κ2) is 18.5. The van der Waals surface area contributed by atoms with Crippen molar-refractivity contribution in [2.75, 3.05) is 13.2 Å². The predicted octanol–water partition coefficient (Wildman–Crippen LogP) is 0.931. The zero-order valence-corrected chi connectivity index (χ0v) is 20.9.